The first kappa shape index (κ1) is 17.9. The van der Waals surface area contributed by atoms with Crippen LogP contribution in [0.3, 0.4) is 0 Å². The molecule has 0 saturated carbocycles. The van der Waals surface area contributed by atoms with Gasteiger partial charge >= 0.3 is 0 Å². The van der Waals surface area contributed by atoms with Crippen molar-refractivity contribution >= 4 is 12.3 Å². The summed E-state index contributed by atoms with van der Waals surface area (Å²) >= 11 is 0. The number of aliphatic imine (C=N–C) groups is 1. The van der Waals surface area contributed by atoms with Gasteiger partial charge < -0.3 is 0 Å². The lowest BCUT2D eigenvalue weighted by Gasteiger charge is -1.96. The van der Waals surface area contributed by atoms with Gasteiger partial charge in [-0.1, -0.05) is 39.3 Å². The van der Waals surface area contributed by atoms with E-state index in [4.69, 9.17) is 0 Å². The van der Waals surface area contributed by atoms with Crippen LogP contribution in [0.15, 0.2) is 28.8 Å². The topological polar surface area (TPSA) is 25.2 Å². The van der Waals surface area contributed by atoms with Crippen molar-refractivity contribution in [3.63, 3.8) is 0 Å². The Morgan fingerprint density at radius 1 is 1.06 bits per heavy atom. The molecule has 96 valence electrons. The van der Waals surface area contributed by atoms with Crippen molar-refractivity contribution < 1.29 is 0 Å². The Kier molecular flexibility index (Phi) is 13.3. The lowest BCUT2D eigenvalue weighted by atomic mass is 10.2. The van der Waals surface area contributed by atoms with Gasteiger partial charge in [0.05, 0.1) is 11.4 Å². The van der Waals surface area contributed by atoms with Gasteiger partial charge in [-0.2, -0.15) is 0 Å². The van der Waals surface area contributed by atoms with Crippen molar-refractivity contribution in [2.45, 2.75) is 41.5 Å². The van der Waals surface area contributed by atoms with E-state index in [1.807, 2.05) is 52.0 Å². The zero-order chi connectivity index (χ0) is 13.7. The summed E-state index contributed by atoms with van der Waals surface area (Å²) in [4.78, 5) is 8.29. The Bertz CT molecular complexity index is 335. The summed E-state index contributed by atoms with van der Waals surface area (Å²) in [6, 6.07) is 5.91. The van der Waals surface area contributed by atoms with Crippen LogP contribution in [0, 0.1) is 0 Å². The summed E-state index contributed by atoms with van der Waals surface area (Å²) in [6.45, 7) is 12.1. The van der Waals surface area contributed by atoms with Crippen LogP contribution in [0.1, 0.15) is 52.9 Å². The SMILES string of the molecule is CC.CC.CN=Cc1cccc(C=C(C)C)n1. The van der Waals surface area contributed by atoms with Gasteiger partial charge in [0.15, 0.2) is 0 Å². The minimum Gasteiger partial charge on any atom is -0.294 e. The van der Waals surface area contributed by atoms with Crippen molar-refractivity contribution in [3.8, 4) is 0 Å². The molecule has 2 heteroatoms. The lowest BCUT2D eigenvalue weighted by molar-refractivity contribution is 1.25. The zero-order valence-corrected chi connectivity index (χ0v) is 12.3. The van der Waals surface area contributed by atoms with E-state index in [1.165, 1.54) is 5.57 Å². The first-order valence-corrected chi connectivity index (χ1v) is 6.26. The molecule has 1 rings (SSSR count). The highest BCUT2D eigenvalue weighted by Gasteiger charge is 1.91. The molecule has 0 aromatic carbocycles. The van der Waals surface area contributed by atoms with Gasteiger partial charge in [0.2, 0.25) is 0 Å². The van der Waals surface area contributed by atoms with Gasteiger partial charge in [0, 0.05) is 13.3 Å². The molecular weight excluding hydrogens is 208 g/mol. The molecule has 0 atom stereocenters. The fourth-order valence-electron chi connectivity index (χ4n) is 1.05. The number of aromatic nitrogens is 1. The van der Waals surface area contributed by atoms with E-state index in [2.05, 4.69) is 23.8 Å². The zero-order valence-electron chi connectivity index (χ0n) is 12.3. The fraction of sp³-hybridized carbons (Fsp3) is 0.467. The number of allylic oxidation sites excluding steroid dienone is 1. The standard InChI is InChI=1S/C11H14N2.2C2H6/c1-9(2)7-10-5-4-6-11(13-10)8-12-3;2*1-2/h4-8H,1-3H3;2*1-2H3. The Labute approximate surface area is 107 Å². The molecule has 2 nitrogen and oxygen atoms in total. The third-order valence-electron chi connectivity index (χ3n) is 1.49. The largest absolute Gasteiger partial charge is 0.294 e. The molecule has 0 saturated heterocycles. The minimum atomic E-state index is 0.900. The highest BCUT2D eigenvalue weighted by atomic mass is 14.7. The number of rotatable bonds is 2. The van der Waals surface area contributed by atoms with Crippen LogP contribution in [0.25, 0.3) is 6.08 Å². The summed E-state index contributed by atoms with van der Waals surface area (Å²) in [7, 11) is 1.75. The van der Waals surface area contributed by atoms with Gasteiger partial charge in [-0.25, -0.2) is 4.98 Å². The Morgan fingerprint density at radius 3 is 2.06 bits per heavy atom. The molecule has 0 N–H and O–H groups in total. The summed E-state index contributed by atoms with van der Waals surface area (Å²) in [5.41, 5.74) is 3.13. The van der Waals surface area contributed by atoms with Gasteiger partial charge in [-0.3, -0.25) is 4.99 Å². The molecule has 0 radical (unpaired) electrons. The Morgan fingerprint density at radius 2 is 1.59 bits per heavy atom. The molecule has 0 amide bonds. The van der Waals surface area contributed by atoms with E-state index in [9.17, 15) is 0 Å². The summed E-state index contributed by atoms with van der Waals surface area (Å²) < 4.78 is 0. The smallest absolute Gasteiger partial charge is 0.0814 e. The van der Waals surface area contributed by atoms with Gasteiger partial charge in [0.1, 0.15) is 0 Å². The lowest BCUT2D eigenvalue weighted by Crippen LogP contribution is -1.89. The molecule has 0 fully saturated rings. The first-order chi connectivity index (χ1) is 8.22. The number of hydrogen-bond donors (Lipinski definition) is 0. The summed E-state index contributed by atoms with van der Waals surface area (Å²) in [6.07, 6.45) is 3.80. The maximum absolute atomic E-state index is 4.38. The Balaban J connectivity index is 0. The van der Waals surface area contributed by atoms with Crippen molar-refractivity contribution in [1.29, 1.82) is 0 Å². The number of nitrogens with zero attached hydrogens (tertiary/aromatic N) is 2. The quantitative estimate of drug-likeness (QED) is 0.686. The van der Waals surface area contributed by atoms with Crippen LogP contribution in [0.2, 0.25) is 0 Å². The first-order valence-electron chi connectivity index (χ1n) is 6.26. The molecule has 0 spiro atoms. The minimum absolute atomic E-state index is 0.900. The monoisotopic (exact) mass is 234 g/mol. The second-order valence-electron chi connectivity index (χ2n) is 3.10. The highest BCUT2D eigenvalue weighted by molar-refractivity contribution is 5.77. The average molecular weight is 234 g/mol. The van der Waals surface area contributed by atoms with Crippen LogP contribution >= 0.6 is 0 Å². The van der Waals surface area contributed by atoms with Crippen LogP contribution in [0.5, 0.6) is 0 Å². The summed E-state index contributed by atoms with van der Waals surface area (Å²) in [5, 5.41) is 0. The van der Waals surface area contributed by atoms with Crippen LogP contribution in [-0.2, 0) is 0 Å². The third-order valence-corrected chi connectivity index (χ3v) is 1.49. The second kappa shape index (κ2) is 12.6. The van der Waals surface area contributed by atoms with Crippen LogP contribution in [-0.4, -0.2) is 18.2 Å². The molecule has 1 aromatic heterocycles. The maximum Gasteiger partial charge on any atom is 0.0814 e. The van der Waals surface area contributed by atoms with Crippen molar-refractivity contribution in [1.82, 2.24) is 4.98 Å². The predicted molar refractivity (Wildman–Crippen MR) is 79.8 cm³/mol. The normalized spacial score (nSPS) is 8.65. The van der Waals surface area contributed by atoms with Gasteiger partial charge in [-0.05, 0) is 32.1 Å². The van der Waals surface area contributed by atoms with E-state index < -0.39 is 0 Å². The number of pyridine rings is 1. The van der Waals surface area contributed by atoms with E-state index in [1.54, 1.807) is 13.3 Å². The molecule has 1 aromatic rings. The van der Waals surface area contributed by atoms with E-state index in [0.717, 1.165) is 11.4 Å². The maximum atomic E-state index is 4.38. The molecule has 0 aliphatic rings. The molecule has 0 aliphatic heterocycles. The van der Waals surface area contributed by atoms with Crippen molar-refractivity contribution in [3.05, 3.63) is 35.2 Å². The summed E-state index contributed by atoms with van der Waals surface area (Å²) in [5.74, 6) is 0. The molecule has 0 unspecified atom stereocenters. The molecule has 0 bridgehead atoms. The van der Waals surface area contributed by atoms with Gasteiger partial charge in [0.25, 0.3) is 0 Å². The molecule has 17 heavy (non-hydrogen) atoms. The molecule has 1 heterocycles. The fourth-order valence-corrected chi connectivity index (χ4v) is 1.05. The Hall–Kier alpha value is -1.44. The average Bonchev–Trinajstić information content (AvgIpc) is 2.34. The van der Waals surface area contributed by atoms with Gasteiger partial charge in [-0.15, -0.1) is 0 Å². The third kappa shape index (κ3) is 9.49. The van der Waals surface area contributed by atoms with Crippen molar-refractivity contribution in [2.75, 3.05) is 7.05 Å². The molecular formula is C15H26N2. The second-order valence-corrected chi connectivity index (χ2v) is 3.10. The number of hydrogen-bond acceptors (Lipinski definition) is 2. The van der Waals surface area contributed by atoms with Crippen LogP contribution in [0.4, 0.5) is 0 Å². The van der Waals surface area contributed by atoms with Crippen molar-refractivity contribution in [2.24, 2.45) is 4.99 Å². The van der Waals surface area contributed by atoms with Crippen LogP contribution < -0.4 is 0 Å². The van der Waals surface area contributed by atoms with E-state index >= 15 is 0 Å². The van der Waals surface area contributed by atoms with E-state index in [0.29, 0.717) is 0 Å². The highest BCUT2D eigenvalue weighted by Crippen LogP contribution is 2.03. The molecule has 0 aliphatic carbocycles. The van der Waals surface area contributed by atoms with E-state index in [-0.39, 0.29) is 0 Å². The predicted octanol–water partition coefficient (Wildman–Crippen LogP) is 4.61.